The molecule has 2 aromatic carbocycles. The summed E-state index contributed by atoms with van der Waals surface area (Å²) in [5.74, 6) is -1.26. The second-order valence-electron chi connectivity index (χ2n) is 7.96. The Morgan fingerprint density at radius 2 is 1.88 bits per heavy atom. The Bertz CT molecular complexity index is 1130. The Kier molecular flexibility index (Phi) is 7.02. The number of hydrogen-bond donors (Lipinski definition) is 2. The summed E-state index contributed by atoms with van der Waals surface area (Å²) in [6.45, 7) is 3.00. The average molecular weight is 488 g/mol. The highest BCUT2D eigenvalue weighted by Crippen LogP contribution is 2.34. The number of hydrogen-bond acceptors (Lipinski definition) is 5. The SMILES string of the molecule is Cc1c(Cl)cccc1N1C(=O)C(Cl)=C(Nc2ccc(CC(=O)NCC3CCCO3)cc2)C1=O. The van der Waals surface area contributed by atoms with Crippen LogP contribution in [0.25, 0.3) is 0 Å². The van der Waals surface area contributed by atoms with Crippen LogP contribution >= 0.6 is 23.2 Å². The van der Waals surface area contributed by atoms with Gasteiger partial charge in [0.2, 0.25) is 5.91 Å². The standard InChI is InChI=1S/C24H23Cl2N3O4/c1-14-18(25)5-2-6-19(14)29-23(31)21(26)22(24(29)32)28-16-9-7-15(8-10-16)12-20(30)27-13-17-4-3-11-33-17/h2,5-10,17,28H,3-4,11-13H2,1H3,(H,27,30). The Morgan fingerprint density at radius 3 is 2.58 bits per heavy atom. The second-order valence-corrected chi connectivity index (χ2v) is 8.74. The van der Waals surface area contributed by atoms with Gasteiger partial charge in [-0.1, -0.05) is 41.4 Å². The Hall–Kier alpha value is -2.87. The van der Waals surface area contributed by atoms with Gasteiger partial charge in [-0.2, -0.15) is 0 Å². The van der Waals surface area contributed by atoms with E-state index in [-0.39, 0.29) is 29.2 Å². The molecular formula is C24H23Cl2N3O4. The molecule has 0 aliphatic carbocycles. The van der Waals surface area contributed by atoms with Crippen molar-refractivity contribution < 1.29 is 19.1 Å². The van der Waals surface area contributed by atoms with Crippen LogP contribution < -0.4 is 15.5 Å². The number of benzene rings is 2. The number of ether oxygens (including phenoxy) is 1. The first-order valence-corrected chi connectivity index (χ1v) is 11.4. The lowest BCUT2D eigenvalue weighted by atomic mass is 10.1. The van der Waals surface area contributed by atoms with Crippen molar-refractivity contribution in [3.63, 3.8) is 0 Å². The molecule has 9 heteroatoms. The van der Waals surface area contributed by atoms with Gasteiger partial charge in [0.15, 0.2) is 0 Å². The normalized spacial score (nSPS) is 18.3. The van der Waals surface area contributed by atoms with Crippen LogP contribution in [0.1, 0.15) is 24.0 Å². The Morgan fingerprint density at radius 1 is 1.12 bits per heavy atom. The summed E-state index contributed by atoms with van der Waals surface area (Å²) in [6, 6.07) is 12.0. The van der Waals surface area contributed by atoms with Gasteiger partial charge >= 0.3 is 0 Å². The van der Waals surface area contributed by atoms with Crippen molar-refractivity contribution in [3.05, 3.63) is 69.3 Å². The molecule has 1 atom stereocenters. The van der Waals surface area contributed by atoms with E-state index in [0.29, 0.717) is 28.5 Å². The maximum Gasteiger partial charge on any atom is 0.283 e. The van der Waals surface area contributed by atoms with Crippen molar-refractivity contribution in [3.8, 4) is 0 Å². The van der Waals surface area contributed by atoms with Gasteiger partial charge in [-0.15, -0.1) is 0 Å². The minimum Gasteiger partial charge on any atom is -0.376 e. The molecule has 0 radical (unpaired) electrons. The third kappa shape index (κ3) is 5.05. The molecule has 0 bridgehead atoms. The van der Waals surface area contributed by atoms with Crippen LogP contribution in [-0.2, 0) is 25.5 Å². The molecule has 33 heavy (non-hydrogen) atoms. The van der Waals surface area contributed by atoms with E-state index in [1.54, 1.807) is 49.4 Å². The lowest BCUT2D eigenvalue weighted by Gasteiger charge is -2.18. The van der Waals surface area contributed by atoms with Crippen LogP contribution in [0.2, 0.25) is 5.02 Å². The zero-order valence-electron chi connectivity index (χ0n) is 18.0. The van der Waals surface area contributed by atoms with Crippen LogP contribution in [-0.4, -0.2) is 37.0 Å². The zero-order chi connectivity index (χ0) is 23.5. The van der Waals surface area contributed by atoms with Crippen molar-refractivity contribution in [2.24, 2.45) is 0 Å². The molecule has 1 unspecified atom stereocenters. The molecule has 0 saturated carbocycles. The summed E-state index contributed by atoms with van der Waals surface area (Å²) >= 11 is 12.4. The van der Waals surface area contributed by atoms with Gasteiger partial charge in [0.25, 0.3) is 11.8 Å². The summed E-state index contributed by atoms with van der Waals surface area (Å²) in [5, 5.41) is 6.07. The van der Waals surface area contributed by atoms with E-state index in [1.165, 1.54) is 0 Å². The first-order chi connectivity index (χ1) is 15.8. The lowest BCUT2D eigenvalue weighted by Crippen LogP contribution is -2.33. The largest absolute Gasteiger partial charge is 0.376 e. The maximum atomic E-state index is 13.0. The number of carbonyl (C=O) groups is 3. The van der Waals surface area contributed by atoms with E-state index in [1.807, 2.05) is 0 Å². The van der Waals surface area contributed by atoms with E-state index < -0.39 is 11.8 Å². The number of imide groups is 1. The molecule has 172 valence electrons. The molecular weight excluding hydrogens is 465 g/mol. The number of nitrogens with one attached hydrogen (secondary N) is 2. The zero-order valence-corrected chi connectivity index (χ0v) is 19.5. The fraction of sp³-hybridized carbons (Fsp3) is 0.292. The molecule has 2 aliphatic rings. The Balaban J connectivity index is 1.40. The number of anilines is 2. The fourth-order valence-electron chi connectivity index (χ4n) is 3.80. The topological polar surface area (TPSA) is 87.7 Å². The molecule has 0 aromatic heterocycles. The molecule has 2 aromatic rings. The molecule has 1 fully saturated rings. The predicted molar refractivity (Wildman–Crippen MR) is 127 cm³/mol. The van der Waals surface area contributed by atoms with Crippen molar-refractivity contribution >= 4 is 52.3 Å². The molecule has 2 aliphatic heterocycles. The monoisotopic (exact) mass is 487 g/mol. The molecule has 3 amide bonds. The van der Waals surface area contributed by atoms with E-state index in [0.717, 1.165) is 29.9 Å². The van der Waals surface area contributed by atoms with Crippen LogP contribution in [0, 0.1) is 6.92 Å². The lowest BCUT2D eigenvalue weighted by molar-refractivity contribution is -0.121. The molecule has 4 rings (SSSR count). The summed E-state index contributed by atoms with van der Waals surface area (Å²) in [4.78, 5) is 38.9. The van der Waals surface area contributed by atoms with Gasteiger partial charge in [-0.05, 0) is 55.2 Å². The highest BCUT2D eigenvalue weighted by Gasteiger charge is 2.39. The number of nitrogens with zero attached hydrogens (tertiary/aromatic N) is 1. The maximum absolute atomic E-state index is 13.0. The van der Waals surface area contributed by atoms with Crippen molar-refractivity contribution in [2.45, 2.75) is 32.3 Å². The average Bonchev–Trinajstić information content (AvgIpc) is 3.39. The number of rotatable bonds is 7. The summed E-state index contributed by atoms with van der Waals surface area (Å²) in [6.07, 6.45) is 2.32. The van der Waals surface area contributed by atoms with Crippen LogP contribution in [0.5, 0.6) is 0 Å². The number of amides is 3. The van der Waals surface area contributed by atoms with Gasteiger partial charge in [-0.3, -0.25) is 14.4 Å². The van der Waals surface area contributed by atoms with E-state index >= 15 is 0 Å². The van der Waals surface area contributed by atoms with E-state index in [9.17, 15) is 14.4 Å². The summed E-state index contributed by atoms with van der Waals surface area (Å²) in [7, 11) is 0. The quantitative estimate of drug-likeness (QED) is 0.577. The van der Waals surface area contributed by atoms with Crippen molar-refractivity contribution in [1.82, 2.24) is 5.32 Å². The van der Waals surface area contributed by atoms with Gasteiger partial charge in [0.1, 0.15) is 10.7 Å². The van der Waals surface area contributed by atoms with Gasteiger partial charge in [-0.25, -0.2) is 4.90 Å². The van der Waals surface area contributed by atoms with Crippen LogP contribution in [0.4, 0.5) is 11.4 Å². The molecule has 2 heterocycles. The first-order valence-electron chi connectivity index (χ1n) is 10.6. The van der Waals surface area contributed by atoms with E-state index in [2.05, 4.69) is 10.6 Å². The van der Waals surface area contributed by atoms with E-state index in [4.69, 9.17) is 27.9 Å². The summed E-state index contributed by atoms with van der Waals surface area (Å²) in [5.41, 5.74) is 2.36. The third-order valence-electron chi connectivity index (χ3n) is 5.65. The molecule has 7 nitrogen and oxygen atoms in total. The predicted octanol–water partition coefficient (Wildman–Crippen LogP) is 3.92. The molecule has 0 spiro atoms. The smallest absolute Gasteiger partial charge is 0.283 e. The first kappa shape index (κ1) is 23.3. The minimum atomic E-state index is -0.617. The van der Waals surface area contributed by atoms with Crippen LogP contribution in [0.15, 0.2) is 53.2 Å². The second kappa shape index (κ2) is 9.95. The van der Waals surface area contributed by atoms with Gasteiger partial charge in [0.05, 0.1) is 18.2 Å². The minimum absolute atomic E-state index is 0.0110. The van der Waals surface area contributed by atoms with Crippen molar-refractivity contribution in [2.75, 3.05) is 23.4 Å². The highest BCUT2D eigenvalue weighted by molar-refractivity contribution is 6.53. The van der Waals surface area contributed by atoms with Crippen LogP contribution in [0.3, 0.4) is 0 Å². The number of halogens is 2. The number of carbonyl (C=O) groups excluding carboxylic acids is 3. The molecule has 2 N–H and O–H groups in total. The molecule has 1 saturated heterocycles. The third-order valence-corrected chi connectivity index (χ3v) is 6.41. The highest BCUT2D eigenvalue weighted by atomic mass is 35.5. The van der Waals surface area contributed by atoms with Gasteiger partial charge < -0.3 is 15.4 Å². The Labute approximate surface area is 201 Å². The van der Waals surface area contributed by atoms with Crippen molar-refractivity contribution in [1.29, 1.82) is 0 Å². The summed E-state index contributed by atoms with van der Waals surface area (Å²) < 4.78 is 5.51. The van der Waals surface area contributed by atoms with Gasteiger partial charge in [0, 0.05) is 23.9 Å². The fourth-order valence-corrected chi connectivity index (χ4v) is 4.18.